The van der Waals surface area contributed by atoms with E-state index in [1.807, 2.05) is 12.1 Å². The highest BCUT2D eigenvalue weighted by Crippen LogP contribution is 2.27. The molecule has 2 bridgehead atoms. The average molecular weight is 331 g/mol. The molecule has 0 aromatic heterocycles. The van der Waals surface area contributed by atoms with Crippen LogP contribution < -0.4 is 10.0 Å². The molecule has 2 heterocycles. The molecule has 2 unspecified atom stereocenters. The molecule has 2 fully saturated rings. The third-order valence-electron chi connectivity index (χ3n) is 4.44. The first kappa shape index (κ1) is 16.7. The van der Waals surface area contributed by atoms with Gasteiger partial charge in [-0.1, -0.05) is 19.1 Å². The molecule has 0 spiro atoms. The zero-order chi connectivity index (χ0) is 14.2. The second kappa shape index (κ2) is 6.65. The van der Waals surface area contributed by atoms with Crippen LogP contribution in [0.3, 0.4) is 0 Å². The fourth-order valence-electron chi connectivity index (χ4n) is 3.35. The van der Waals surface area contributed by atoms with Gasteiger partial charge < -0.3 is 5.32 Å². The predicted molar refractivity (Wildman–Crippen MR) is 86.4 cm³/mol. The maximum atomic E-state index is 12.4. The van der Waals surface area contributed by atoms with E-state index in [9.17, 15) is 8.42 Å². The third-order valence-corrected chi connectivity index (χ3v) is 5.97. The second-order valence-electron chi connectivity index (χ2n) is 5.92. The zero-order valence-corrected chi connectivity index (χ0v) is 13.8. The van der Waals surface area contributed by atoms with Gasteiger partial charge in [0.05, 0.1) is 4.90 Å². The van der Waals surface area contributed by atoms with Crippen LogP contribution in [-0.4, -0.2) is 26.5 Å². The van der Waals surface area contributed by atoms with Gasteiger partial charge in [-0.05, 0) is 49.8 Å². The maximum absolute atomic E-state index is 12.4. The summed E-state index contributed by atoms with van der Waals surface area (Å²) in [6, 6.07) is 8.24. The van der Waals surface area contributed by atoms with Crippen LogP contribution in [0.2, 0.25) is 0 Å². The minimum absolute atomic E-state index is 0. The molecule has 0 amide bonds. The first-order valence-electron chi connectivity index (χ1n) is 7.44. The van der Waals surface area contributed by atoms with Gasteiger partial charge in [0.1, 0.15) is 0 Å². The molecular weight excluding hydrogens is 308 g/mol. The highest BCUT2D eigenvalue weighted by Gasteiger charge is 2.35. The van der Waals surface area contributed by atoms with Gasteiger partial charge in [0.15, 0.2) is 0 Å². The van der Waals surface area contributed by atoms with Gasteiger partial charge in [0.2, 0.25) is 10.0 Å². The molecule has 2 aliphatic heterocycles. The number of hydrogen-bond donors (Lipinski definition) is 2. The summed E-state index contributed by atoms with van der Waals surface area (Å²) in [4.78, 5) is 0.376. The number of benzene rings is 1. The highest BCUT2D eigenvalue weighted by molar-refractivity contribution is 7.89. The fourth-order valence-corrected chi connectivity index (χ4v) is 4.61. The summed E-state index contributed by atoms with van der Waals surface area (Å²) in [6.07, 6.45) is 5.08. The van der Waals surface area contributed by atoms with Crippen molar-refractivity contribution in [1.82, 2.24) is 10.0 Å². The number of halogens is 1. The van der Waals surface area contributed by atoms with Crippen molar-refractivity contribution in [2.75, 3.05) is 0 Å². The fraction of sp³-hybridized carbons (Fsp3) is 0.600. The normalized spacial score (nSPS) is 28.1. The van der Waals surface area contributed by atoms with E-state index < -0.39 is 10.0 Å². The first-order chi connectivity index (χ1) is 9.56. The van der Waals surface area contributed by atoms with Crippen LogP contribution in [-0.2, 0) is 16.4 Å². The lowest BCUT2D eigenvalue weighted by atomic mass is 10.0. The summed E-state index contributed by atoms with van der Waals surface area (Å²) in [5.74, 6) is 0. The van der Waals surface area contributed by atoms with Crippen LogP contribution in [0.4, 0.5) is 0 Å². The molecule has 0 saturated carbocycles. The Morgan fingerprint density at radius 2 is 1.71 bits per heavy atom. The smallest absolute Gasteiger partial charge is 0.240 e. The number of nitrogens with one attached hydrogen (secondary N) is 2. The van der Waals surface area contributed by atoms with Crippen molar-refractivity contribution >= 4 is 22.4 Å². The van der Waals surface area contributed by atoms with Crippen LogP contribution in [0.1, 0.15) is 38.2 Å². The molecule has 2 aliphatic rings. The average Bonchev–Trinajstić information content (AvgIpc) is 2.77. The van der Waals surface area contributed by atoms with Crippen LogP contribution in [0.5, 0.6) is 0 Å². The van der Waals surface area contributed by atoms with Crippen LogP contribution in [0, 0.1) is 0 Å². The Morgan fingerprint density at radius 3 is 2.24 bits per heavy atom. The first-order valence-corrected chi connectivity index (χ1v) is 8.92. The number of hydrogen-bond acceptors (Lipinski definition) is 3. The lowest BCUT2D eigenvalue weighted by Crippen LogP contribution is -2.47. The molecule has 2 saturated heterocycles. The molecule has 2 N–H and O–H groups in total. The molecule has 0 radical (unpaired) electrons. The van der Waals surface area contributed by atoms with Gasteiger partial charge in [-0.2, -0.15) is 0 Å². The Hall–Kier alpha value is -0.620. The van der Waals surface area contributed by atoms with E-state index in [2.05, 4.69) is 17.0 Å². The Labute approximate surface area is 133 Å². The third kappa shape index (κ3) is 3.77. The molecule has 1 aromatic rings. The van der Waals surface area contributed by atoms with Crippen molar-refractivity contribution < 1.29 is 8.42 Å². The standard InChI is InChI=1S/C15H22N2O2S.ClH/c1-2-11-3-7-15(8-4-11)20(18,19)17-14-9-12-5-6-13(10-14)16-12;/h3-4,7-8,12-14,16-17H,2,5-6,9-10H2,1H3;1H. The number of fused-ring (bicyclic) bond motifs is 2. The predicted octanol–water partition coefficient (Wildman–Crippen LogP) is 2.23. The molecule has 21 heavy (non-hydrogen) atoms. The summed E-state index contributed by atoms with van der Waals surface area (Å²) >= 11 is 0. The van der Waals surface area contributed by atoms with E-state index in [0.717, 1.165) is 24.8 Å². The van der Waals surface area contributed by atoms with E-state index in [4.69, 9.17) is 0 Å². The number of sulfonamides is 1. The maximum Gasteiger partial charge on any atom is 0.240 e. The van der Waals surface area contributed by atoms with Crippen molar-refractivity contribution in [2.45, 2.75) is 62.0 Å². The van der Waals surface area contributed by atoms with Crippen molar-refractivity contribution in [3.8, 4) is 0 Å². The SMILES string of the molecule is CCc1ccc(S(=O)(=O)NC2CC3CCC(C2)N3)cc1.Cl. The van der Waals surface area contributed by atoms with Crippen LogP contribution in [0.25, 0.3) is 0 Å². The van der Waals surface area contributed by atoms with Gasteiger partial charge in [-0.3, -0.25) is 0 Å². The van der Waals surface area contributed by atoms with Crippen molar-refractivity contribution in [3.05, 3.63) is 29.8 Å². The zero-order valence-electron chi connectivity index (χ0n) is 12.2. The van der Waals surface area contributed by atoms with Gasteiger partial charge in [0.25, 0.3) is 0 Å². The quantitative estimate of drug-likeness (QED) is 0.890. The molecule has 3 rings (SSSR count). The molecule has 1 aromatic carbocycles. The van der Waals surface area contributed by atoms with E-state index in [1.54, 1.807) is 12.1 Å². The number of aryl methyl sites for hydroxylation is 1. The van der Waals surface area contributed by atoms with Crippen molar-refractivity contribution in [3.63, 3.8) is 0 Å². The summed E-state index contributed by atoms with van der Waals surface area (Å²) < 4.78 is 27.7. The Kier molecular flexibility index (Phi) is 5.30. The largest absolute Gasteiger partial charge is 0.311 e. The van der Waals surface area contributed by atoms with Gasteiger partial charge >= 0.3 is 0 Å². The Bertz CT molecular complexity index is 562. The number of piperidine rings is 1. The topological polar surface area (TPSA) is 58.2 Å². The molecule has 4 nitrogen and oxygen atoms in total. The number of rotatable bonds is 4. The molecule has 6 heteroatoms. The Balaban J connectivity index is 0.00000161. The summed E-state index contributed by atoms with van der Waals surface area (Å²) in [6.45, 7) is 2.06. The lowest BCUT2D eigenvalue weighted by Gasteiger charge is -2.29. The van der Waals surface area contributed by atoms with Crippen LogP contribution in [0.15, 0.2) is 29.2 Å². The summed E-state index contributed by atoms with van der Waals surface area (Å²) in [5.41, 5.74) is 1.16. The van der Waals surface area contributed by atoms with Crippen molar-refractivity contribution in [1.29, 1.82) is 0 Å². The summed E-state index contributed by atoms with van der Waals surface area (Å²) in [7, 11) is -3.38. The Morgan fingerprint density at radius 1 is 1.14 bits per heavy atom. The molecule has 2 atom stereocenters. The van der Waals surface area contributed by atoms with E-state index in [-0.39, 0.29) is 18.4 Å². The van der Waals surface area contributed by atoms with Gasteiger partial charge in [0, 0.05) is 18.1 Å². The minimum atomic E-state index is -3.38. The molecule has 118 valence electrons. The van der Waals surface area contributed by atoms with Crippen molar-refractivity contribution in [2.24, 2.45) is 0 Å². The highest BCUT2D eigenvalue weighted by atomic mass is 35.5. The minimum Gasteiger partial charge on any atom is -0.311 e. The second-order valence-corrected chi connectivity index (χ2v) is 7.64. The lowest BCUT2D eigenvalue weighted by molar-refractivity contribution is 0.345. The monoisotopic (exact) mass is 330 g/mol. The molecule has 0 aliphatic carbocycles. The van der Waals surface area contributed by atoms with Gasteiger partial charge in [-0.25, -0.2) is 13.1 Å². The summed E-state index contributed by atoms with van der Waals surface area (Å²) in [5, 5.41) is 3.53. The van der Waals surface area contributed by atoms with Gasteiger partial charge in [-0.15, -0.1) is 12.4 Å². The van der Waals surface area contributed by atoms with Crippen LogP contribution >= 0.6 is 12.4 Å². The van der Waals surface area contributed by atoms with E-state index >= 15 is 0 Å². The van der Waals surface area contributed by atoms with E-state index in [0.29, 0.717) is 17.0 Å². The van der Waals surface area contributed by atoms with E-state index in [1.165, 1.54) is 12.8 Å². The molecular formula is C15H23ClN2O2S.